The highest BCUT2D eigenvalue weighted by Crippen LogP contribution is 2.33. The van der Waals surface area contributed by atoms with Crippen LogP contribution in [0.5, 0.6) is 5.88 Å². The molecule has 2 heterocycles. The second-order valence-corrected chi connectivity index (χ2v) is 7.53. The van der Waals surface area contributed by atoms with Crippen LogP contribution in [0, 0.1) is 0 Å². The molecule has 3 aromatic rings. The van der Waals surface area contributed by atoms with E-state index >= 15 is 0 Å². The number of hydrogen-bond donors (Lipinski definition) is 1. The first-order chi connectivity index (χ1) is 16.9. The van der Waals surface area contributed by atoms with Crippen molar-refractivity contribution < 1.29 is 33.6 Å². The first kappa shape index (κ1) is 25.9. The minimum Gasteiger partial charge on any atom is -0.479 e. The molecule has 0 bridgehead atoms. The molecule has 0 aliphatic carbocycles. The van der Waals surface area contributed by atoms with Crippen LogP contribution in [0.2, 0.25) is 0 Å². The van der Waals surface area contributed by atoms with Crippen molar-refractivity contribution in [3.8, 4) is 5.88 Å². The number of rotatable bonds is 12. The Hall–Kier alpha value is -3.70. The summed E-state index contributed by atoms with van der Waals surface area (Å²) in [7, 11) is 3.04. The van der Waals surface area contributed by atoms with Crippen molar-refractivity contribution in [2.24, 2.45) is 0 Å². The second-order valence-electron chi connectivity index (χ2n) is 7.53. The predicted molar refractivity (Wildman–Crippen MR) is 127 cm³/mol. The molecule has 2 aromatic heterocycles. The molecule has 11 heteroatoms. The van der Waals surface area contributed by atoms with E-state index in [-0.39, 0.29) is 19.9 Å². The van der Waals surface area contributed by atoms with Gasteiger partial charge in [0.1, 0.15) is 24.1 Å². The summed E-state index contributed by atoms with van der Waals surface area (Å²) in [4.78, 5) is 35.1. The summed E-state index contributed by atoms with van der Waals surface area (Å²) < 4.78 is 23.1. The maximum absolute atomic E-state index is 12.8. The molecule has 0 aliphatic rings. The van der Waals surface area contributed by atoms with E-state index in [1.54, 1.807) is 31.7 Å². The Morgan fingerprint density at radius 3 is 2.43 bits per heavy atom. The van der Waals surface area contributed by atoms with Crippen LogP contribution in [0.1, 0.15) is 19.4 Å². The number of fused-ring (bicyclic) bond motifs is 1. The van der Waals surface area contributed by atoms with Gasteiger partial charge in [-0.2, -0.15) is 4.98 Å². The molecule has 0 fully saturated rings. The third kappa shape index (κ3) is 5.87. The van der Waals surface area contributed by atoms with Crippen LogP contribution in [0.15, 0.2) is 42.9 Å². The topological polar surface area (TPSA) is 125 Å². The number of aliphatic hydroxyl groups excluding tert-OH is 1. The molecule has 3 rings (SSSR count). The van der Waals surface area contributed by atoms with Gasteiger partial charge in [0.2, 0.25) is 5.88 Å². The van der Waals surface area contributed by atoms with E-state index in [0.29, 0.717) is 29.2 Å². The van der Waals surface area contributed by atoms with E-state index in [0.717, 1.165) is 5.56 Å². The second kappa shape index (κ2) is 12.1. The van der Waals surface area contributed by atoms with Crippen LogP contribution in [0.25, 0.3) is 11.0 Å². The quantitative estimate of drug-likeness (QED) is 0.380. The Kier molecular flexibility index (Phi) is 8.98. The average Bonchev–Trinajstić information content (AvgIpc) is 3.24. The fourth-order valence-electron chi connectivity index (χ4n) is 3.66. The Balaban J connectivity index is 1.98. The number of likely N-dealkylation sites (N-methyl/N-ethyl adjacent to an activating group) is 1. The predicted octanol–water partition coefficient (Wildman–Crippen LogP) is 1.91. The fraction of sp³-hybridized carbons (Fsp3) is 0.417. The Labute approximate surface area is 203 Å². The van der Waals surface area contributed by atoms with Gasteiger partial charge in [0.15, 0.2) is 12.1 Å². The monoisotopic (exact) mass is 486 g/mol. The maximum Gasteiger partial charge on any atom is 0.337 e. The van der Waals surface area contributed by atoms with Gasteiger partial charge in [0.25, 0.3) is 0 Å². The van der Waals surface area contributed by atoms with Crippen LogP contribution < -0.4 is 9.64 Å². The molecule has 1 N–H and O–H groups in total. The van der Waals surface area contributed by atoms with Crippen molar-refractivity contribution in [2.45, 2.75) is 39.3 Å². The minimum atomic E-state index is -1.78. The zero-order valence-electron chi connectivity index (χ0n) is 20.2. The van der Waals surface area contributed by atoms with Crippen molar-refractivity contribution in [3.05, 3.63) is 48.4 Å². The molecular formula is C24H30N4O7. The van der Waals surface area contributed by atoms with Crippen LogP contribution in [-0.2, 0) is 37.1 Å². The van der Waals surface area contributed by atoms with Gasteiger partial charge in [-0.1, -0.05) is 30.3 Å². The van der Waals surface area contributed by atoms with E-state index in [1.807, 2.05) is 30.3 Å². The van der Waals surface area contributed by atoms with Gasteiger partial charge < -0.3 is 33.5 Å². The number of benzene rings is 1. The van der Waals surface area contributed by atoms with Crippen LogP contribution in [0.3, 0.4) is 0 Å². The number of esters is 2. The van der Waals surface area contributed by atoms with E-state index in [9.17, 15) is 14.7 Å². The van der Waals surface area contributed by atoms with Crippen LogP contribution in [-0.4, -0.2) is 71.1 Å². The number of anilines is 1. The van der Waals surface area contributed by atoms with E-state index in [2.05, 4.69) is 9.97 Å². The number of aromatic nitrogens is 3. The largest absolute Gasteiger partial charge is 0.479 e. The van der Waals surface area contributed by atoms with Crippen LogP contribution >= 0.6 is 0 Å². The number of aliphatic hydroxyl groups is 1. The molecule has 0 spiro atoms. The maximum atomic E-state index is 12.8. The van der Waals surface area contributed by atoms with Gasteiger partial charge in [-0.3, -0.25) is 0 Å². The molecular weight excluding hydrogens is 456 g/mol. The Morgan fingerprint density at radius 2 is 1.77 bits per heavy atom. The minimum absolute atomic E-state index is 0.0532. The van der Waals surface area contributed by atoms with Crippen molar-refractivity contribution in [1.29, 1.82) is 0 Å². The summed E-state index contributed by atoms with van der Waals surface area (Å²) in [6.45, 7) is 3.88. The first-order valence-corrected chi connectivity index (χ1v) is 11.2. The molecule has 1 aromatic carbocycles. The average molecular weight is 487 g/mol. The first-order valence-electron chi connectivity index (χ1n) is 11.2. The summed E-state index contributed by atoms with van der Waals surface area (Å²) >= 11 is 0. The normalized spacial score (nSPS) is 12.7. The molecule has 11 nitrogen and oxygen atoms in total. The van der Waals surface area contributed by atoms with Crippen LogP contribution in [0.4, 0.5) is 5.69 Å². The Bertz CT molecular complexity index is 1140. The van der Waals surface area contributed by atoms with Crippen molar-refractivity contribution in [3.63, 3.8) is 0 Å². The highest BCUT2D eigenvalue weighted by molar-refractivity contribution is 5.96. The standard InChI is InChI=1S/C24H30N4O7/c1-5-34-23(30)20(21(29)24(31)35-6-2)27(3)17-12-28(15-33-13-16-10-8-7-9-11-16)19-18(17)25-14-26-22(19)32-4/h7-12,14,20-21,29H,5-6,13,15H2,1-4H3/t20-,21+/m0/s1. The number of methoxy groups -OCH3 is 1. The van der Waals surface area contributed by atoms with E-state index in [4.69, 9.17) is 18.9 Å². The summed E-state index contributed by atoms with van der Waals surface area (Å²) in [5, 5.41) is 10.7. The smallest absolute Gasteiger partial charge is 0.337 e. The SMILES string of the molecule is CCOC(=O)[C@H]([C@@H](O)C(=O)OCC)N(C)c1cn(COCc2ccccc2)c2c(OC)ncnc12. The van der Waals surface area contributed by atoms with Gasteiger partial charge in [-0.15, -0.1) is 0 Å². The molecule has 188 valence electrons. The summed E-state index contributed by atoms with van der Waals surface area (Å²) in [6.07, 6.45) is 1.24. The Morgan fingerprint density at radius 1 is 1.09 bits per heavy atom. The number of carbonyl (C=O) groups is 2. The van der Waals surface area contributed by atoms with E-state index < -0.39 is 24.1 Å². The van der Waals surface area contributed by atoms with E-state index in [1.165, 1.54) is 18.3 Å². The third-order valence-corrected chi connectivity index (χ3v) is 5.28. The van der Waals surface area contributed by atoms with Gasteiger partial charge in [0.05, 0.1) is 32.6 Å². The van der Waals surface area contributed by atoms with Gasteiger partial charge in [-0.05, 0) is 19.4 Å². The lowest BCUT2D eigenvalue weighted by Crippen LogP contribution is -2.52. The summed E-state index contributed by atoms with van der Waals surface area (Å²) in [5.41, 5.74) is 2.40. The number of nitrogens with zero attached hydrogens (tertiary/aromatic N) is 4. The number of ether oxygens (including phenoxy) is 4. The fourth-order valence-corrected chi connectivity index (χ4v) is 3.66. The lowest BCUT2D eigenvalue weighted by molar-refractivity contribution is -0.161. The van der Waals surface area contributed by atoms with Gasteiger partial charge >= 0.3 is 11.9 Å². The molecule has 0 unspecified atom stereocenters. The third-order valence-electron chi connectivity index (χ3n) is 5.28. The lowest BCUT2D eigenvalue weighted by Gasteiger charge is -2.29. The highest BCUT2D eigenvalue weighted by Gasteiger charge is 2.39. The number of hydrogen-bond acceptors (Lipinski definition) is 10. The number of carbonyl (C=O) groups excluding carboxylic acids is 2. The molecule has 2 atom stereocenters. The molecule has 0 aliphatic heterocycles. The molecule has 35 heavy (non-hydrogen) atoms. The highest BCUT2D eigenvalue weighted by atomic mass is 16.6. The molecule has 0 saturated carbocycles. The van der Waals surface area contributed by atoms with Gasteiger partial charge in [-0.25, -0.2) is 14.6 Å². The summed E-state index contributed by atoms with van der Waals surface area (Å²) in [6, 6.07) is 8.32. The summed E-state index contributed by atoms with van der Waals surface area (Å²) in [5.74, 6) is -1.41. The zero-order chi connectivity index (χ0) is 25.4. The molecule has 0 amide bonds. The zero-order valence-corrected chi connectivity index (χ0v) is 20.2. The lowest BCUT2D eigenvalue weighted by atomic mass is 10.1. The molecule has 0 saturated heterocycles. The van der Waals surface area contributed by atoms with Crippen molar-refractivity contribution in [1.82, 2.24) is 14.5 Å². The van der Waals surface area contributed by atoms with Crippen molar-refractivity contribution in [2.75, 3.05) is 32.3 Å². The van der Waals surface area contributed by atoms with Crippen molar-refractivity contribution >= 4 is 28.7 Å². The molecule has 0 radical (unpaired) electrons. The van der Waals surface area contributed by atoms with Gasteiger partial charge in [0, 0.05) is 13.2 Å².